The van der Waals surface area contributed by atoms with Gasteiger partial charge >= 0.3 is 0 Å². The van der Waals surface area contributed by atoms with Gasteiger partial charge in [-0.25, -0.2) is 4.98 Å². The van der Waals surface area contributed by atoms with Crippen molar-refractivity contribution in [2.24, 2.45) is 5.92 Å². The quantitative estimate of drug-likeness (QED) is 0.556. The van der Waals surface area contributed by atoms with Crippen LogP contribution in [-0.2, 0) is 16.6 Å². The first-order valence-corrected chi connectivity index (χ1v) is 12.1. The third kappa shape index (κ3) is 4.92. The number of hydrogen-bond donors (Lipinski definition) is 2. The summed E-state index contributed by atoms with van der Waals surface area (Å²) in [6.07, 6.45) is 13.8. The monoisotopic (exact) mass is 445 g/mol. The summed E-state index contributed by atoms with van der Waals surface area (Å²) in [5.74, 6) is 0.494. The normalized spacial score (nSPS) is 17.6. The number of fused-ring (bicyclic) bond motifs is 1. The summed E-state index contributed by atoms with van der Waals surface area (Å²) in [5, 5.41) is 6.17. The van der Waals surface area contributed by atoms with Crippen molar-refractivity contribution in [3.05, 3.63) is 65.9 Å². The number of carbonyl (C=O) groups excluding carboxylic acids is 2. The molecule has 0 aliphatic heterocycles. The minimum Gasteiger partial charge on any atom is -0.355 e. The van der Waals surface area contributed by atoms with Crippen LogP contribution in [0.2, 0.25) is 0 Å². The van der Waals surface area contributed by atoms with E-state index >= 15 is 0 Å². The lowest BCUT2D eigenvalue weighted by Crippen LogP contribution is -2.42. The van der Waals surface area contributed by atoms with Gasteiger partial charge in [-0.05, 0) is 55.4 Å². The SMILES string of the molecule is O=C(Cc1cn2c(C(=O)NCC3(c4cccnc4)CCCCC3)cccc2n1)NCC1CC1. The first-order chi connectivity index (χ1) is 16.1. The summed E-state index contributed by atoms with van der Waals surface area (Å²) in [6.45, 7) is 1.33. The van der Waals surface area contributed by atoms with Crippen molar-refractivity contribution in [1.82, 2.24) is 25.0 Å². The van der Waals surface area contributed by atoms with Gasteiger partial charge in [-0.15, -0.1) is 0 Å². The van der Waals surface area contributed by atoms with Crippen LogP contribution in [0.1, 0.15) is 66.7 Å². The lowest BCUT2D eigenvalue weighted by Gasteiger charge is -2.37. The fourth-order valence-electron chi connectivity index (χ4n) is 4.95. The van der Waals surface area contributed by atoms with Crippen molar-refractivity contribution in [1.29, 1.82) is 0 Å². The van der Waals surface area contributed by atoms with Gasteiger partial charge in [-0.2, -0.15) is 0 Å². The second kappa shape index (κ2) is 9.33. The lowest BCUT2D eigenvalue weighted by molar-refractivity contribution is -0.120. The maximum absolute atomic E-state index is 13.2. The van der Waals surface area contributed by atoms with Crippen LogP contribution in [-0.4, -0.2) is 39.3 Å². The third-order valence-electron chi connectivity index (χ3n) is 7.07. The van der Waals surface area contributed by atoms with Crippen molar-refractivity contribution in [2.45, 2.75) is 56.8 Å². The molecule has 2 fully saturated rings. The van der Waals surface area contributed by atoms with Gasteiger partial charge in [0, 0.05) is 37.1 Å². The molecule has 0 saturated heterocycles. The molecular formula is C26H31N5O2. The van der Waals surface area contributed by atoms with Crippen LogP contribution in [0.5, 0.6) is 0 Å². The number of nitrogens with zero attached hydrogens (tertiary/aromatic N) is 3. The predicted octanol–water partition coefficient (Wildman–Crippen LogP) is 3.43. The topological polar surface area (TPSA) is 88.4 Å². The molecule has 3 aromatic heterocycles. The summed E-state index contributed by atoms with van der Waals surface area (Å²) >= 11 is 0. The molecular weight excluding hydrogens is 414 g/mol. The number of carbonyl (C=O) groups is 2. The van der Waals surface area contributed by atoms with Crippen LogP contribution in [0.4, 0.5) is 0 Å². The lowest BCUT2D eigenvalue weighted by atomic mass is 9.70. The van der Waals surface area contributed by atoms with E-state index in [2.05, 4.69) is 26.7 Å². The van der Waals surface area contributed by atoms with Gasteiger partial charge in [0.05, 0.1) is 12.1 Å². The Morgan fingerprint density at radius 1 is 1.06 bits per heavy atom. The van der Waals surface area contributed by atoms with E-state index in [-0.39, 0.29) is 23.7 Å². The standard InChI is InChI=1S/C26H31N5O2/c32-24(28-15-19-9-10-19)14-21-17-31-22(7-4-8-23(31)30-21)25(33)29-18-26(11-2-1-3-12-26)20-6-5-13-27-16-20/h4-8,13,16-17,19H,1-3,9-12,14-15,18H2,(H,28,32)(H,29,33). The fraction of sp³-hybridized carbons (Fsp3) is 0.462. The van der Waals surface area contributed by atoms with Crippen molar-refractivity contribution in [3.63, 3.8) is 0 Å². The second-order valence-corrected chi connectivity index (χ2v) is 9.56. The Kier molecular flexibility index (Phi) is 6.11. The predicted molar refractivity (Wildman–Crippen MR) is 126 cm³/mol. The second-order valence-electron chi connectivity index (χ2n) is 9.56. The van der Waals surface area contributed by atoms with Gasteiger partial charge < -0.3 is 10.6 Å². The molecule has 0 radical (unpaired) electrons. The van der Waals surface area contributed by atoms with E-state index in [1.165, 1.54) is 24.8 Å². The number of nitrogens with one attached hydrogen (secondary N) is 2. The van der Waals surface area contributed by atoms with Crippen LogP contribution < -0.4 is 10.6 Å². The summed E-state index contributed by atoms with van der Waals surface area (Å²) in [7, 11) is 0. The zero-order chi connectivity index (χ0) is 22.7. The number of pyridine rings is 2. The van der Waals surface area contributed by atoms with E-state index in [1.54, 1.807) is 22.9 Å². The fourth-order valence-corrected chi connectivity index (χ4v) is 4.95. The van der Waals surface area contributed by atoms with Crippen LogP contribution in [0, 0.1) is 5.92 Å². The molecule has 2 amide bonds. The zero-order valence-electron chi connectivity index (χ0n) is 18.9. The highest BCUT2D eigenvalue weighted by Crippen LogP contribution is 2.38. The number of rotatable bonds is 8. The molecule has 0 unspecified atom stereocenters. The summed E-state index contributed by atoms with van der Waals surface area (Å²) in [4.78, 5) is 34.4. The Labute approximate surface area is 194 Å². The highest BCUT2D eigenvalue weighted by Gasteiger charge is 2.34. The molecule has 0 bridgehead atoms. The summed E-state index contributed by atoms with van der Waals surface area (Å²) in [6, 6.07) is 9.61. The molecule has 2 N–H and O–H groups in total. The Balaban J connectivity index is 1.30. The Hall–Kier alpha value is -3.22. The maximum atomic E-state index is 13.2. The largest absolute Gasteiger partial charge is 0.355 e. The van der Waals surface area contributed by atoms with Crippen molar-refractivity contribution in [3.8, 4) is 0 Å². The van der Waals surface area contributed by atoms with Gasteiger partial charge in [0.15, 0.2) is 0 Å². The van der Waals surface area contributed by atoms with E-state index in [1.807, 2.05) is 24.4 Å². The molecule has 0 aromatic carbocycles. The Bertz CT molecular complexity index is 1130. The van der Waals surface area contributed by atoms with Gasteiger partial charge in [0.2, 0.25) is 5.91 Å². The molecule has 3 heterocycles. The van der Waals surface area contributed by atoms with E-state index in [9.17, 15) is 9.59 Å². The molecule has 0 atom stereocenters. The summed E-state index contributed by atoms with van der Waals surface area (Å²) < 4.78 is 1.79. The van der Waals surface area contributed by atoms with Crippen molar-refractivity contribution >= 4 is 17.5 Å². The number of amides is 2. The molecule has 33 heavy (non-hydrogen) atoms. The van der Waals surface area contributed by atoms with Crippen LogP contribution in [0.3, 0.4) is 0 Å². The molecule has 7 nitrogen and oxygen atoms in total. The molecule has 7 heteroatoms. The smallest absolute Gasteiger partial charge is 0.268 e. The van der Waals surface area contributed by atoms with E-state index < -0.39 is 0 Å². The molecule has 0 spiro atoms. The highest BCUT2D eigenvalue weighted by molar-refractivity contribution is 5.93. The van der Waals surface area contributed by atoms with E-state index in [0.717, 1.165) is 32.2 Å². The maximum Gasteiger partial charge on any atom is 0.268 e. The average Bonchev–Trinajstić information content (AvgIpc) is 3.59. The van der Waals surface area contributed by atoms with E-state index in [0.29, 0.717) is 29.5 Å². The average molecular weight is 446 g/mol. The number of imidazole rings is 1. The third-order valence-corrected chi connectivity index (χ3v) is 7.07. The number of hydrogen-bond acceptors (Lipinski definition) is 4. The molecule has 3 aromatic rings. The molecule has 2 aliphatic carbocycles. The van der Waals surface area contributed by atoms with Gasteiger partial charge in [0.1, 0.15) is 11.3 Å². The molecule has 2 saturated carbocycles. The van der Waals surface area contributed by atoms with Crippen molar-refractivity contribution < 1.29 is 9.59 Å². The van der Waals surface area contributed by atoms with Crippen LogP contribution in [0.25, 0.3) is 5.65 Å². The molecule has 172 valence electrons. The first kappa shape index (κ1) is 21.6. The van der Waals surface area contributed by atoms with Crippen LogP contribution in [0.15, 0.2) is 48.9 Å². The first-order valence-electron chi connectivity index (χ1n) is 12.1. The Morgan fingerprint density at radius 3 is 2.67 bits per heavy atom. The van der Waals surface area contributed by atoms with Gasteiger partial charge in [0.25, 0.3) is 5.91 Å². The molecule has 5 rings (SSSR count). The zero-order valence-corrected chi connectivity index (χ0v) is 18.9. The number of aromatic nitrogens is 3. The van der Waals surface area contributed by atoms with Crippen molar-refractivity contribution in [2.75, 3.05) is 13.1 Å². The minimum absolute atomic E-state index is 0.0213. The minimum atomic E-state index is -0.128. The highest BCUT2D eigenvalue weighted by atomic mass is 16.2. The summed E-state index contributed by atoms with van der Waals surface area (Å²) in [5.41, 5.74) is 3.00. The van der Waals surface area contributed by atoms with E-state index in [4.69, 9.17) is 0 Å². The van der Waals surface area contributed by atoms with Gasteiger partial charge in [-0.1, -0.05) is 31.4 Å². The van der Waals surface area contributed by atoms with Gasteiger partial charge in [-0.3, -0.25) is 19.0 Å². The Morgan fingerprint density at radius 2 is 1.91 bits per heavy atom. The van der Waals surface area contributed by atoms with Crippen LogP contribution >= 0.6 is 0 Å². The molecule has 2 aliphatic rings.